The summed E-state index contributed by atoms with van der Waals surface area (Å²) in [4.78, 5) is 83.4. The van der Waals surface area contributed by atoms with Gasteiger partial charge in [0.25, 0.3) is 5.91 Å². The number of Topliss-reactive ketones (excluding diaryl/α,β-unsaturated/α-hetero) is 1. The normalized spacial score (nSPS) is 24.4. The highest BCUT2D eigenvalue weighted by Gasteiger charge is 2.49. The van der Waals surface area contributed by atoms with E-state index >= 15 is 0 Å². The summed E-state index contributed by atoms with van der Waals surface area (Å²) in [5, 5.41) is 23.5. The third-order valence-electron chi connectivity index (χ3n) is 11.7. The SMILES string of the molecule is C=CCNC(=O)C(=O)C(CC1CC1)NC(=O)[C@@H]1C[C@@H](CC(C)C)CN1C(=O)[C@@H](NC(O)N[C@H](CN1C(=O)CCCC1=O)C(C)(C)C)C1(C)CCCCC1. The highest BCUT2D eigenvalue weighted by Crippen LogP contribution is 2.41. The van der Waals surface area contributed by atoms with Crippen LogP contribution in [0.1, 0.15) is 125 Å². The molecule has 13 heteroatoms. The minimum atomic E-state index is -1.36. The largest absolute Gasteiger partial charge is 0.365 e. The number of aliphatic hydroxyl groups excluding tert-OH is 1. The predicted molar refractivity (Wildman–Crippen MR) is 202 cm³/mol. The third kappa shape index (κ3) is 11.7. The summed E-state index contributed by atoms with van der Waals surface area (Å²) in [6.45, 7) is 16.3. The summed E-state index contributed by atoms with van der Waals surface area (Å²) in [6.07, 6.45) is 9.13. The van der Waals surface area contributed by atoms with E-state index in [0.29, 0.717) is 44.6 Å². The average Bonchev–Trinajstić information content (AvgIpc) is 3.81. The van der Waals surface area contributed by atoms with Crippen LogP contribution in [0.5, 0.6) is 0 Å². The Morgan fingerprint density at radius 1 is 0.962 bits per heavy atom. The zero-order valence-corrected chi connectivity index (χ0v) is 33.0. The van der Waals surface area contributed by atoms with Gasteiger partial charge in [0.15, 0.2) is 6.35 Å². The lowest BCUT2D eigenvalue weighted by Gasteiger charge is -2.44. The van der Waals surface area contributed by atoms with Crippen molar-refractivity contribution in [2.24, 2.45) is 28.6 Å². The lowest BCUT2D eigenvalue weighted by Crippen LogP contribution is -2.65. The topological polar surface area (TPSA) is 177 Å². The maximum atomic E-state index is 15.0. The number of hydrogen-bond acceptors (Lipinski definition) is 9. The molecule has 0 aromatic rings. The number of piperidine rings is 1. The molecule has 0 bridgehead atoms. The van der Waals surface area contributed by atoms with Crippen molar-refractivity contribution in [3.05, 3.63) is 12.7 Å². The molecule has 2 aliphatic heterocycles. The number of amides is 5. The van der Waals surface area contributed by atoms with Crippen molar-refractivity contribution in [2.75, 3.05) is 19.6 Å². The average molecular weight is 743 g/mol. The van der Waals surface area contributed by atoms with Gasteiger partial charge in [-0.3, -0.25) is 44.3 Å². The molecular weight excluding hydrogens is 676 g/mol. The molecule has 2 aliphatic carbocycles. The number of carbonyl (C=O) groups is 6. The number of rotatable bonds is 18. The summed E-state index contributed by atoms with van der Waals surface area (Å²) in [5.74, 6) is -2.03. The van der Waals surface area contributed by atoms with Gasteiger partial charge in [-0.2, -0.15) is 0 Å². The molecule has 4 aliphatic rings. The second kappa shape index (κ2) is 18.4. The Labute approximate surface area is 316 Å². The van der Waals surface area contributed by atoms with E-state index < -0.39 is 58.9 Å². The van der Waals surface area contributed by atoms with E-state index in [2.05, 4.69) is 48.6 Å². The zero-order chi connectivity index (χ0) is 39.1. The van der Waals surface area contributed by atoms with E-state index in [0.717, 1.165) is 51.4 Å². The Morgan fingerprint density at radius 2 is 1.60 bits per heavy atom. The van der Waals surface area contributed by atoms with Crippen LogP contribution in [0, 0.1) is 28.6 Å². The molecule has 2 saturated carbocycles. The molecule has 53 heavy (non-hydrogen) atoms. The minimum absolute atomic E-state index is 0.0518. The highest BCUT2D eigenvalue weighted by molar-refractivity contribution is 6.38. The van der Waals surface area contributed by atoms with Crippen LogP contribution >= 0.6 is 0 Å². The molecule has 5 N–H and O–H groups in total. The summed E-state index contributed by atoms with van der Waals surface area (Å²) in [5.41, 5.74) is -0.993. The van der Waals surface area contributed by atoms with Crippen LogP contribution in [-0.4, -0.2) is 100 Å². The van der Waals surface area contributed by atoms with Crippen LogP contribution in [0.15, 0.2) is 12.7 Å². The van der Waals surface area contributed by atoms with Crippen LogP contribution < -0.4 is 21.3 Å². The molecule has 2 unspecified atom stereocenters. The van der Waals surface area contributed by atoms with E-state index in [9.17, 15) is 33.9 Å². The molecule has 4 rings (SSSR count). The standard InChI is InChI=1S/C40H66N6O7/c1-8-19-41-36(51)33(49)28(21-26-15-16-26)42-35(50)29-22-27(20-25(2)3)23-45(29)37(52)34(40(7)17-10-9-11-18-40)44-38(53)43-30(39(4,5)6)24-46-31(47)13-12-14-32(46)48/h8,25-30,34,38,43-44,53H,1,9-24H2,2-7H3,(H,41,51)(H,42,50)/t27-,28?,29+,30-,34-,38?/m1/s1. The Hall–Kier alpha value is -3.16. The molecule has 2 heterocycles. The van der Waals surface area contributed by atoms with Crippen LogP contribution in [0.4, 0.5) is 0 Å². The number of nitrogens with one attached hydrogen (secondary N) is 4. The first-order valence-electron chi connectivity index (χ1n) is 20.0. The van der Waals surface area contributed by atoms with Crippen molar-refractivity contribution in [3.8, 4) is 0 Å². The van der Waals surface area contributed by atoms with Gasteiger partial charge >= 0.3 is 0 Å². The van der Waals surface area contributed by atoms with E-state index in [4.69, 9.17) is 0 Å². The number of likely N-dealkylation sites (tertiary alicyclic amines) is 2. The number of aliphatic hydroxyl groups is 1. The van der Waals surface area contributed by atoms with Gasteiger partial charge in [-0.25, -0.2) is 0 Å². The molecule has 2 saturated heterocycles. The van der Waals surface area contributed by atoms with Crippen LogP contribution in [0.2, 0.25) is 0 Å². The molecular formula is C40H66N6O7. The van der Waals surface area contributed by atoms with Crippen molar-refractivity contribution in [1.82, 2.24) is 31.1 Å². The molecule has 5 amide bonds. The van der Waals surface area contributed by atoms with Crippen molar-refractivity contribution in [1.29, 1.82) is 0 Å². The fourth-order valence-corrected chi connectivity index (χ4v) is 8.39. The summed E-state index contributed by atoms with van der Waals surface area (Å²) < 4.78 is 0. The molecule has 0 aromatic carbocycles. The maximum Gasteiger partial charge on any atom is 0.289 e. The van der Waals surface area contributed by atoms with Gasteiger partial charge < -0.3 is 20.6 Å². The Balaban J connectivity index is 1.59. The van der Waals surface area contributed by atoms with Crippen molar-refractivity contribution >= 4 is 35.3 Å². The van der Waals surface area contributed by atoms with Crippen molar-refractivity contribution < 1.29 is 33.9 Å². The number of hydrogen-bond donors (Lipinski definition) is 5. The van der Waals surface area contributed by atoms with Crippen LogP contribution in [0.3, 0.4) is 0 Å². The highest BCUT2D eigenvalue weighted by atomic mass is 16.3. The van der Waals surface area contributed by atoms with Crippen molar-refractivity contribution in [3.63, 3.8) is 0 Å². The quantitative estimate of drug-likeness (QED) is 0.0611. The van der Waals surface area contributed by atoms with Gasteiger partial charge in [-0.15, -0.1) is 6.58 Å². The Morgan fingerprint density at radius 3 is 2.17 bits per heavy atom. The third-order valence-corrected chi connectivity index (χ3v) is 11.7. The van der Waals surface area contributed by atoms with Gasteiger partial charge in [0.2, 0.25) is 29.4 Å². The Bertz CT molecular complexity index is 1330. The summed E-state index contributed by atoms with van der Waals surface area (Å²) in [7, 11) is 0. The van der Waals surface area contributed by atoms with E-state index in [1.54, 1.807) is 4.90 Å². The fourth-order valence-electron chi connectivity index (χ4n) is 8.39. The molecule has 13 nitrogen and oxygen atoms in total. The first kappa shape index (κ1) is 42.6. The first-order valence-corrected chi connectivity index (χ1v) is 20.0. The number of carbonyl (C=O) groups excluding carboxylic acids is 6. The molecule has 6 atom stereocenters. The van der Waals surface area contributed by atoms with Crippen LogP contribution in [0.25, 0.3) is 0 Å². The predicted octanol–water partition coefficient (Wildman–Crippen LogP) is 3.15. The van der Waals surface area contributed by atoms with Gasteiger partial charge in [-0.1, -0.05) is 79.7 Å². The first-order chi connectivity index (χ1) is 24.9. The van der Waals surface area contributed by atoms with E-state index in [-0.39, 0.29) is 42.6 Å². The van der Waals surface area contributed by atoms with Gasteiger partial charge in [-0.05, 0) is 67.1 Å². The fraction of sp³-hybridized carbons (Fsp3) is 0.800. The lowest BCUT2D eigenvalue weighted by atomic mass is 9.70. The maximum absolute atomic E-state index is 15.0. The smallest absolute Gasteiger partial charge is 0.289 e. The van der Waals surface area contributed by atoms with E-state index in [1.807, 2.05) is 20.8 Å². The molecule has 0 radical (unpaired) electrons. The zero-order valence-electron chi connectivity index (χ0n) is 33.0. The number of imide groups is 1. The van der Waals surface area contributed by atoms with Crippen molar-refractivity contribution in [2.45, 2.75) is 156 Å². The number of nitrogens with zero attached hydrogens (tertiary/aromatic N) is 2. The van der Waals surface area contributed by atoms with Crippen LogP contribution in [-0.2, 0) is 28.8 Å². The summed E-state index contributed by atoms with van der Waals surface area (Å²) in [6, 6.07) is -3.19. The monoisotopic (exact) mass is 742 g/mol. The summed E-state index contributed by atoms with van der Waals surface area (Å²) >= 11 is 0. The van der Waals surface area contributed by atoms with E-state index in [1.165, 1.54) is 11.0 Å². The number of ketones is 1. The molecule has 0 aromatic heterocycles. The van der Waals surface area contributed by atoms with Gasteiger partial charge in [0, 0.05) is 38.5 Å². The lowest BCUT2D eigenvalue weighted by molar-refractivity contribution is -0.149. The molecule has 298 valence electrons. The Kier molecular flexibility index (Phi) is 14.8. The molecule has 4 fully saturated rings. The van der Waals surface area contributed by atoms with Gasteiger partial charge in [0.05, 0.1) is 12.1 Å². The second-order valence-corrected chi connectivity index (χ2v) is 17.9. The molecule has 0 spiro atoms. The van der Waals surface area contributed by atoms with Gasteiger partial charge in [0.1, 0.15) is 6.04 Å². The minimum Gasteiger partial charge on any atom is -0.365 e. The second-order valence-electron chi connectivity index (χ2n) is 17.9.